The third kappa shape index (κ3) is 3.92. The van der Waals surface area contributed by atoms with Crippen LogP contribution in [0.25, 0.3) is 0 Å². The van der Waals surface area contributed by atoms with E-state index >= 15 is 0 Å². The number of hydrogen-bond donors (Lipinski definition) is 1. The van der Waals surface area contributed by atoms with Gasteiger partial charge in [-0.1, -0.05) is 15.9 Å². The fourth-order valence-electron chi connectivity index (χ4n) is 1.12. The van der Waals surface area contributed by atoms with Gasteiger partial charge in [-0.15, -0.1) is 0 Å². The molecule has 94 valence electrons. The second-order valence-corrected chi connectivity index (χ2v) is 7.52. The Bertz CT molecular complexity index is 478. The van der Waals surface area contributed by atoms with E-state index in [0.717, 1.165) is 4.47 Å². The van der Waals surface area contributed by atoms with Crippen LogP contribution in [0.4, 0.5) is 0 Å². The van der Waals surface area contributed by atoms with Gasteiger partial charge in [-0.05, 0) is 45.9 Å². The second-order valence-electron chi connectivity index (χ2n) is 4.70. The van der Waals surface area contributed by atoms with Gasteiger partial charge in [-0.25, -0.2) is 4.21 Å². The minimum atomic E-state index is -1.32. The molecule has 0 heterocycles. The Morgan fingerprint density at radius 3 is 2.47 bits per heavy atom. The van der Waals surface area contributed by atoms with E-state index in [1.54, 1.807) is 19.1 Å². The van der Waals surface area contributed by atoms with Crippen molar-refractivity contribution in [1.82, 2.24) is 0 Å². The van der Waals surface area contributed by atoms with Crippen LogP contribution < -0.4 is 0 Å². The van der Waals surface area contributed by atoms with E-state index in [1.807, 2.05) is 26.8 Å². The van der Waals surface area contributed by atoms with Crippen LogP contribution in [-0.4, -0.2) is 19.8 Å². The highest BCUT2D eigenvalue weighted by Gasteiger charge is 2.19. The first-order valence-electron chi connectivity index (χ1n) is 5.18. The first kappa shape index (κ1) is 14.4. The predicted octanol–water partition coefficient (Wildman–Crippen LogP) is 3.43. The van der Waals surface area contributed by atoms with Gasteiger partial charge in [0.25, 0.3) is 0 Å². The summed E-state index contributed by atoms with van der Waals surface area (Å²) < 4.78 is 16.4. The summed E-state index contributed by atoms with van der Waals surface area (Å²) in [5.74, 6) is 0.131. The Morgan fingerprint density at radius 1 is 1.41 bits per heavy atom. The summed E-state index contributed by atoms with van der Waals surface area (Å²) in [5, 5.41) is 9.77. The van der Waals surface area contributed by atoms with Crippen molar-refractivity contribution in [2.45, 2.75) is 32.4 Å². The van der Waals surface area contributed by atoms with Crippen molar-refractivity contribution in [2.75, 3.05) is 0 Å². The van der Waals surface area contributed by atoms with Crippen LogP contribution in [0, 0.1) is 0 Å². The van der Waals surface area contributed by atoms with E-state index in [4.69, 9.17) is 0 Å². The maximum absolute atomic E-state index is 11.9. The topological polar surface area (TPSA) is 49.7 Å². The first-order chi connectivity index (χ1) is 7.71. The third-order valence-corrected chi connectivity index (χ3v) is 4.07. The Morgan fingerprint density at radius 2 is 2.00 bits per heavy atom. The van der Waals surface area contributed by atoms with Gasteiger partial charge < -0.3 is 5.11 Å². The molecule has 0 saturated heterocycles. The van der Waals surface area contributed by atoms with Crippen LogP contribution in [0.2, 0.25) is 0 Å². The van der Waals surface area contributed by atoms with Gasteiger partial charge in [-0.3, -0.25) is 0 Å². The lowest BCUT2D eigenvalue weighted by Crippen LogP contribution is -2.20. The summed E-state index contributed by atoms with van der Waals surface area (Å²) in [6, 6.07) is 5.15. The molecule has 0 aromatic heterocycles. The average Bonchev–Trinajstić information content (AvgIpc) is 2.15. The fourth-order valence-corrected chi connectivity index (χ4v) is 2.09. The van der Waals surface area contributed by atoms with Crippen molar-refractivity contribution < 1.29 is 9.32 Å². The second kappa shape index (κ2) is 5.31. The molecule has 0 aliphatic carbocycles. The van der Waals surface area contributed by atoms with Gasteiger partial charge in [0.15, 0.2) is 0 Å². The number of aromatic hydroxyl groups is 1. The zero-order chi connectivity index (χ0) is 13.2. The van der Waals surface area contributed by atoms with Crippen LogP contribution >= 0.6 is 15.9 Å². The van der Waals surface area contributed by atoms with Crippen LogP contribution in [0.5, 0.6) is 5.75 Å². The standard InChI is InChI=1S/C12H16BrNO2S/c1-8(14-17(16)12(2,3)4)10-6-5-9(13)7-11(10)15/h5-7,15H,1-4H3/b14-8+. The lowest BCUT2D eigenvalue weighted by molar-refractivity contribution is 0.474. The number of phenols is 1. The summed E-state index contributed by atoms with van der Waals surface area (Å²) in [6.45, 7) is 7.33. The molecule has 1 unspecified atom stereocenters. The largest absolute Gasteiger partial charge is 0.507 e. The summed E-state index contributed by atoms with van der Waals surface area (Å²) in [6.07, 6.45) is 0. The minimum absolute atomic E-state index is 0.131. The summed E-state index contributed by atoms with van der Waals surface area (Å²) >= 11 is 3.27. The lowest BCUT2D eigenvalue weighted by Gasteiger charge is -2.14. The molecule has 1 rings (SSSR count). The number of rotatable bonds is 2. The van der Waals surface area contributed by atoms with Crippen molar-refractivity contribution in [3.8, 4) is 5.75 Å². The summed E-state index contributed by atoms with van der Waals surface area (Å²) in [4.78, 5) is 0. The van der Waals surface area contributed by atoms with Crippen molar-refractivity contribution in [3.05, 3.63) is 28.2 Å². The Labute approximate surface area is 113 Å². The molecule has 1 N–H and O–H groups in total. The average molecular weight is 318 g/mol. The number of benzene rings is 1. The SMILES string of the molecule is C/C(=N\S(=O)C(C)(C)C)c1ccc(Br)cc1O. The van der Waals surface area contributed by atoms with E-state index in [1.165, 1.54) is 0 Å². The van der Waals surface area contributed by atoms with E-state index in [2.05, 4.69) is 20.3 Å². The van der Waals surface area contributed by atoms with Gasteiger partial charge in [0, 0.05) is 10.0 Å². The minimum Gasteiger partial charge on any atom is -0.507 e. The van der Waals surface area contributed by atoms with Crippen molar-refractivity contribution in [3.63, 3.8) is 0 Å². The zero-order valence-corrected chi connectivity index (χ0v) is 12.7. The molecule has 1 aromatic carbocycles. The van der Waals surface area contributed by atoms with Gasteiger partial charge in [0.1, 0.15) is 16.7 Å². The van der Waals surface area contributed by atoms with Gasteiger partial charge in [-0.2, -0.15) is 4.40 Å². The highest BCUT2D eigenvalue weighted by Crippen LogP contribution is 2.24. The Hall–Kier alpha value is -0.680. The first-order valence-corrected chi connectivity index (χ1v) is 7.08. The number of hydrogen-bond acceptors (Lipinski definition) is 2. The summed E-state index contributed by atoms with van der Waals surface area (Å²) in [7, 11) is -1.32. The monoisotopic (exact) mass is 317 g/mol. The molecule has 0 fully saturated rings. The highest BCUT2D eigenvalue weighted by molar-refractivity contribution is 9.10. The smallest absolute Gasteiger partial charge is 0.145 e. The molecule has 17 heavy (non-hydrogen) atoms. The van der Waals surface area contributed by atoms with Crippen molar-refractivity contribution in [2.24, 2.45) is 4.40 Å². The lowest BCUT2D eigenvalue weighted by atomic mass is 10.1. The number of nitrogens with zero attached hydrogens (tertiary/aromatic N) is 1. The molecule has 1 atom stereocenters. The molecule has 0 saturated carbocycles. The molecule has 0 bridgehead atoms. The van der Waals surface area contributed by atoms with Crippen LogP contribution in [0.3, 0.4) is 0 Å². The molecular formula is C12H16BrNO2S. The number of halogens is 1. The van der Waals surface area contributed by atoms with Crippen molar-refractivity contribution >= 4 is 32.6 Å². The molecule has 0 aliphatic rings. The highest BCUT2D eigenvalue weighted by atomic mass is 79.9. The predicted molar refractivity (Wildman–Crippen MR) is 75.9 cm³/mol. The van der Waals surface area contributed by atoms with Crippen LogP contribution in [0.15, 0.2) is 27.1 Å². The van der Waals surface area contributed by atoms with E-state index in [0.29, 0.717) is 11.3 Å². The van der Waals surface area contributed by atoms with Crippen molar-refractivity contribution in [1.29, 1.82) is 0 Å². The molecule has 0 amide bonds. The van der Waals surface area contributed by atoms with Gasteiger partial charge in [0.2, 0.25) is 0 Å². The molecular weight excluding hydrogens is 302 g/mol. The van der Waals surface area contributed by atoms with Crippen LogP contribution in [0.1, 0.15) is 33.3 Å². The number of phenolic OH excluding ortho intramolecular Hbond substituents is 1. The molecule has 3 nitrogen and oxygen atoms in total. The van der Waals surface area contributed by atoms with E-state index in [9.17, 15) is 9.32 Å². The Kier molecular flexibility index (Phi) is 4.49. The van der Waals surface area contributed by atoms with E-state index < -0.39 is 15.7 Å². The molecule has 1 aromatic rings. The summed E-state index contributed by atoms with van der Waals surface area (Å²) in [5.41, 5.74) is 1.18. The molecule has 0 radical (unpaired) electrons. The van der Waals surface area contributed by atoms with Gasteiger partial charge in [0.05, 0.1) is 10.5 Å². The fraction of sp³-hybridized carbons (Fsp3) is 0.417. The van der Waals surface area contributed by atoms with E-state index in [-0.39, 0.29) is 5.75 Å². The Balaban J connectivity index is 3.09. The van der Waals surface area contributed by atoms with Crippen LogP contribution in [-0.2, 0) is 11.0 Å². The molecule has 0 aliphatic heterocycles. The molecule has 5 heteroatoms. The third-order valence-electron chi connectivity index (χ3n) is 2.09. The normalized spacial score (nSPS) is 14.8. The zero-order valence-electron chi connectivity index (χ0n) is 10.3. The maximum Gasteiger partial charge on any atom is 0.145 e. The maximum atomic E-state index is 11.9. The molecule has 0 spiro atoms. The van der Waals surface area contributed by atoms with Gasteiger partial charge >= 0.3 is 0 Å². The quantitative estimate of drug-likeness (QED) is 0.849.